The van der Waals surface area contributed by atoms with Gasteiger partial charge in [-0.2, -0.15) is 0 Å². The number of rotatable bonds is 7. The lowest BCUT2D eigenvalue weighted by atomic mass is 10.0. The normalized spacial score (nSPS) is 15.5. The van der Waals surface area contributed by atoms with Gasteiger partial charge in [0.1, 0.15) is 5.75 Å². The molecule has 1 amide bonds. The van der Waals surface area contributed by atoms with Crippen LogP contribution in [0.5, 0.6) is 5.75 Å². The number of nitrogens with one attached hydrogen (secondary N) is 1. The lowest BCUT2D eigenvalue weighted by Gasteiger charge is -2.35. The van der Waals surface area contributed by atoms with Crippen molar-refractivity contribution in [3.8, 4) is 5.75 Å². The van der Waals surface area contributed by atoms with Crippen LogP contribution in [0.1, 0.15) is 27.5 Å². The first-order chi connectivity index (χ1) is 14.0. The molecule has 1 unspecified atom stereocenters. The van der Waals surface area contributed by atoms with Crippen molar-refractivity contribution in [2.45, 2.75) is 13.0 Å². The van der Waals surface area contributed by atoms with E-state index >= 15 is 0 Å². The summed E-state index contributed by atoms with van der Waals surface area (Å²) in [5.41, 5.74) is 1.64. The van der Waals surface area contributed by atoms with Crippen molar-refractivity contribution in [2.24, 2.45) is 0 Å². The Hall–Kier alpha value is -2.97. The van der Waals surface area contributed by atoms with Gasteiger partial charge in [0, 0.05) is 36.8 Å². The summed E-state index contributed by atoms with van der Waals surface area (Å²) < 4.78 is 10.8. The predicted molar refractivity (Wildman–Crippen MR) is 108 cm³/mol. The smallest absolute Gasteiger partial charge is 0.273 e. The molecule has 1 N–H and O–H groups in total. The van der Waals surface area contributed by atoms with Gasteiger partial charge in [-0.15, -0.1) is 0 Å². The van der Waals surface area contributed by atoms with E-state index in [1.807, 2.05) is 24.3 Å². The summed E-state index contributed by atoms with van der Waals surface area (Å²) >= 11 is 0. The van der Waals surface area contributed by atoms with Gasteiger partial charge in [-0.1, -0.05) is 18.2 Å². The van der Waals surface area contributed by atoms with Crippen LogP contribution in [-0.4, -0.2) is 55.7 Å². The number of morpholine rings is 1. The number of ether oxygens (including phenoxy) is 2. The van der Waals surface area contributed by atoms with Crippen molar-refractivity contribution in [1.82, 2.24) is 10.2 Å². The van der Waals surface area contributed by atoms with Crippen LogP contribution >= 0.6 is 0 Å². The van der Waals surface area contributed by atoms with E-state index in [0.29, 0.717) is 30.9 Å². The average molecular weight is 399 g/mol. The Morgan fingerprint density at radius 1 is 1.28 bits per heavy atom. The first-order valence-corrected chi connectivity index (χ1v) is 9.49. The Balaban J connectivity index is 1.80. The van der Waals surface area contributed by atoms with Gasteiger partial charge in [0.2, 0.25) is 0 Å². The van der Waals surface area contributed by atoms with Crippen LogP contribution in [0.25, 0.3) is 0 Å². The summed E-state index contributed by atoms with van der Waals surface area (Å²) in [6.07, 6.45) is 0. The molecule has 0 aromatic heterocycles. The van der Waals surface area contributed by atoms with Crippen molar-refractivity contribution in [1.29, 1.82) is 0 Å². The number of nitro benzene ring substituents is 1. The second kappa shape index (κ2) is 9.49. The molecule has 1 atom stereocenters. The van der Waals surface area contributed by atoms with E-state index in [9.17, 15) is 14.9 Å². The standard InChI is InChI=1S/C21H25N3O5/c1-15-18(7-4-8-19(15)24(26)27)21(25)22-14-20(23-9-11-29-12-10-23)16-5-3-6-17(13-16)28-2/h3-8,13,20H,9-12,14H2,1-2H3,(H,22,25). The molecule has 0 saturated carbocycles. The van der Waals surface area contributed by atoms with Crippen molar-refractivity contribution < 1.29 is 19.2 Å². The summed E-state index contributed by atoms with van der Waals surface area (Å²) in [6.45, 7) is 4.75. The third kappa shape index (κ3) is 4.90. The van der Waals surface area contributed by atoms with Crippen LogP contribution in [0.15, 0.2) is 42.5 Å². The van der Waals surface area contributed by atoms with Crippen molar-refractivity contribution >= 4 is 11.6 Å². The first kappa shape index (κ1) is 20.8. The number of hydrogen-bond donors (Lipinski definition) is 1. The summed E-state index contributed by atoms with van der Waals surface area (Å²) in [4.78, 5) is 25.7. The highest BCUT2D eigenvalue weighted by Crippen LogP contribution is 2.25. The number of methoxy groups -OCH3 is 1. The fourth-order valence-electron chi connectivity index (χ4n) is 3.55. The monoisotopic (exact) mass is 399 g/mol. The molecule has 2 aromatic rings. The highest BCUT2D eigenvalue weighted by atomic mass is 16.6. The topological polar surface area (TPSA) is 93.9 Å². The molecule has 1 aliphatic rings. The Bertz CT molecular complexity index is 880. The molecule has 154 valence electrons. The molecule has 29 heavy (non-hydrogen) atoms. The molecular weight excluding hydrogens is 374 g/mol. The molecule has 1 aliphatic heterocycles. The number of amides is 1. The quantitative estimate of drug-likeness (QED) is 0.568. The summed E-state index contributed by atoms with van der Waals surface area (Å²) in [7, 11) is 1.62. The molecule has 0 bridgehead atoms. The van der Waals surface area contributed by atoms with Crippen LogP contribution in [0.3, 0.4) is 0 Å². The molecule has 8 nitrogen and oxygen atoms in total. The van der Waals surface area contributed by atoms with Gasteiger partial charge < -0.3 is 14.8 Å². The molecule has 0 radical (unpaired) electrons. The second-order valence-electron chi connectivity index (χ2n) is 6.86. The van der Waals surface area contributed by atoms with E-state index < -0.39 is 4.92 Å². The largest absolute Gasteiger partial charge is 0.497 e. The zero-order chi connectivity index (χ0) is 20.8. The maximum Gasteiger partial charge on any atom is 0.273 e. The van der Waals surface area contributed by atoms with E-state index in [2.05, 4.69) is 10.2 Å². The number of nitrogens with zero attached hydrogens (tertiary/aromatic N) is 2. The predicted octanol–water partition coefficient (Wildman–Crippen LogP) is 2.72. The van der Waals surface area contributed by atoms with E-state index in [0.717, 1.165) is 24.4 Å². The molecule has 8 heteroatoms. The Morgan fingerprint density at radius 3 is 2.69 bits per heavy atom. The number of hydrogen-bond acceptors (Lipinski definition) is 6. The van der Waals surface area contributed by atoms with Gasteiger partial charge in [-0.3, -0.25) is 19.8 Å². The van der Waals surface area contributed by atoms with Gasteiger partial charge >= 0.3 is 0 Å². The number of carbonyl (C=O) groups is 1. The van der Waals surface area contributed by atoms with Crippen LogP contribution in [0, 0.1) is 17.0 Å². The molecule has 2 aromatic carbocycles. The van der Waals surface area contributed by atoms with Crippen molar-refractivity contribution in [2.75, 3.05) is 40.0 Å². The van der Waals surface area contributed by atoms with Gasteiger partial charge in [-0.25, -0.2) is 0 Å². The number of nitro groups is 1. The second-order valence-corrected chi connectivity index (χ2v) is 6.86. The number of carbonyl (C=O) groups excluding carboxylic acids is 1. The van der Waals surface area contributed by atoms with Crippen LogP contribution < -0.4 is 10.1 Å². The van der Waals surface area contributed by atoms with Crippen LogP contribution in [-0.2, 0) is 4.74 Å². The minimum Gasteiger partial charge on any atom is -0.497 e. The molecule has 0 aliphatic carbocycles. The maximum atomic E-state index is 12.8. The third-order valence-corrected chi connectivity index (χ3v) is 5.17. The molecule has 1 saturated heterocycles. The lowest BCUT2D eigenvalue weighted by Crippen LogP contribution is -2.43. The van der Waals surface area contributed by atoms with Gasteiger partial charge in [0.05, 0.1) is 31.3 Å². The zero-order valence-electron chi connectivity index (χ0n) is 16.6. The van der Waals surface area contributed by atoms with E-state index in [4.69, 9.17) is 9.47 Å². The minimum atomic E-state index is -0.473. The highest BCUT2D eigenvalue weighted by molar-refractivity contribution is 5.96. The molecule has 0 spiro atoms. The summed E-state index contributed by atoms with van der Waals surface area (Å²) in [5, 5.41) is 14.1. The molecule has 1 fully saturated rings. The molecule has 3 rings (SSSR count). The van der Waals surface area contributed by atoms with Gasteiger partial charge in [-0.05, 0) is 30.7 Å². The SMILES string of the molecule is COc1cccc(C(CNC(=O)c2cccc([N+](=O)[O-])c2C)N2CCOCC2)c1. The Kier molecular flexibility index (Phi) is 6.79. The number of benzene rings is 2. The lowest BCUT2D eigenvalue weighted by molar-refractivity contribution is -0.385. The zero-order valence-corrected chi connectivity index (χ0v) is 16.6. The summed E-state index contributed by atoms with van der Waals surface area (Å²) in [5.74, 6) is 0.425. The fourth-order valence-corrected chi connectivity index (χ4v) is 3.55. The third-order valence-electron chi connectivity index (χ3n) is 5.17. The van der Waals surface area contributed by atoms with Gasteiger partial charge in [0.25, 0.3) is 11.6 Å². The summed E-state index contributed by atoms with van der Waals surface area (Å²) in [6, 6.07) is 12.3. The van der Waals surface area contributed by atoms with Crippen LogP contribution in [0.4, 0.5) is 5.69 Å². The van der Waals surface area contributed by atoms with Gasteiger partial charge in [0.15, 0.2) is 0 Å². The first-order valence-electron chi connectivity index (χ1n) is 9.49. The Labute approximate surface area is 169 Å². The van der Waals surface area contributed by atoms with Crippen molar-refractivity contribution in [3.63, 3.8) is 0 Å². The highest BCUT2D eigenvalue weighted by Gasteiger charge is 2.25. The van der Waals surface area contributed by atoms with E-state index in [1.54, 1.807) is 20.1 Å². The minimum absolute atomic E-state index is 0.0584. The fraction of sp³-hybridized carbons (Fsp3) is 0.381. The Morgan fingerprint density at radius 2 is 2.00 bits per heavy atom. The maximum absolute atomic E-state index is 12.8. The van der Waals surface area contributed by atoms with Crippen LogP contribution in [0.2, 0.25) is 0 Å². The van der Waals surface area contributed by atoms with Crippen molar-refractivity contribution in [3.05, 3.63) is 69.3 Å². The average Bonchev–Trinajstić information content (AvgIpc) is 2.74. The van der Waals surface area contributed by atoms with E-state index in [1.165, 1.54) is 12.1 Å². The van der Waals surface area contributed by atoms with E-state index in [-0.39, 0.29) is 17.6 Å². The molecular formula is C21H25N3O5. The molecule has 1 heterocycles.